The van der Waals surface area contributed by atoms with Crippen LogP contribution in [0.25, 0.3) is 61.9 Å². The van der Waals surface area contributed by atoms with E-state index in [0.717, 1.165) is 161 Å². The van der Waals surface area contributed by atoms with Gasteiger partial charge < -0.3 is 102 Å². The summed E-state index contributed by atoms with van der Waals surface area (Å²) in [4.78, 5) is 114. The fraction of sp³-hybridized carbons (Fsp3) is 0.424. The molecule has 0 aromatic carbocycles. The van der Waals surface area contributed by atoms with Crippen molar-refractivity contribution in [3.8, 4) is 34.2 Å². The Hall–Kier alpha value is -9.60. The first kappa shape index (κ1) is 111. The van der Waals surface area contributed by atoms with Gasteiger partial charge in [0.1, 0.15) is 17.5 Å². The quantitative estimate of drug-likeness (QED) is 0.0234. The number of morpholine rings is 3. The van der Waals surface area contributed by atoms with Crippen LogP contribution in [0, 0.1) is 27.7 Å². The van der Waals surface area contributed by atoms with Gasteiger partial charge in [0.05, 0.1) is 121 Å². The van der Waals surface area contributed by atoms with Crippen molar-refractivity contribution in [2.24, 2.45) is 7.05 Å². The third-order valence-corrected chi connectivity index (χ3v) is 22.3. The van der Waals surface area contributed by atoms with Crippen LogP contribution in [0.4, 0.5) is 0 Å². The second-order valence-corrected chi connectivity index (χ2v) is 32.4. The molecule has 12 aromatic heterocycles. The Morgan fingerprint density at radius 2 is 0.900 bits per heavy atom. The van der Waals surface area contributed by atoms with Gasteiger partial charge in [-0.3, -0.25) is 19.3 Å². The number of aromatic amines is 3. The molecule has 16 rings (SSSR count). The van der Waals surface area contributed by atoms with E-state index in [-0.39, 0.29) is 137 Å². The van der Waals surface area contributed by atoms with Crippen molar-refractivity contribution in [1.29, 1.82) is 0 Å². The maximum absolute atomic E-state index is 12.8. The third kappa shape index (κ3) is 27.3. The Kier molecular flexibility index (Phi) is 42.9. The number of hydrogen-bond donors (Lipinski definition) is 5. The number of rotatable bonds is 18. The predicted octanol–water partition coefficient (Wildman–Crippen LogP) is 8.12. The smallest absolute Gasteiger partial charge is 1.00 e. The van der Waals surface area contributed by atoms with Crippen LogP contribution in [0.5, 0.6) is 0 Å². The minimum atomic E-state index is -0.833. The number of Topliss-reactive ketones (excluding diaryl/α,β-unsaturated/α-hetero) is 2. The number of carboxylic acids is 1. The van der Waals surface area contributed by atoms with Gasteiger partial charge in [-0.2, -0.15) is 0 Å². The SMILES string of the molecule is C.C1COCCN1.C=C(c1c(C)c(C(=O)OC(C)C)cc2cc(-c3ncc[nH]3)cn12)N1CCOCC1.CC(=O)O.CCOC(=O)c1cc2cc(-c3ncc[nH]3)cn2c(C(C)=O)c1C.CCOC(=O)c1cc2cc(B3OC(C)(C)C(C)(C)O3)cn2c(C(C)=O)c1C.Cc1c(C(=O)OC(C)C)cc2cc(-c3ncc[nH]3)cn2c1C(C)N1CCOCC1.Cn1ccnc1Br.[B].[H-].[Na+].[Na+].[OH-]. The first-order chi connectivity index (χ1) is 59.4. The fourth-order valence-electron chi connectivity index (χ4n) is 14.8. The molecule has 130 heavy (non-hydrogen) atoms. The van der Waals surface area contributed by atoms with Gasteiger partial charge in [0.25, 0.3) is 5.97 Å². The molecule has 33 nitrogen and oxygen atoms in total. The van der Waals surface area contributed by atoms with E-state index >= 15 is 0 Å². The Bertz CT molecular complexity index is 5750. The Balaban J connectivity index is 0.000000339. The number of H-pyrrole nitrogens is 3. The van der Waals surface area contributed by atoms with Crippen molar-refractivity contribution < 1.29 is 147 Å². The van der Waals surface area contributed by atoms with Gasteiger partial charge >= 0.3 is 90.1 Å². The molecular weight excluding hydrogens is 1750 g/mol. The van der Waals surface area contributed by atoms with E-state index < -0.39 is 36.2 Å². The number of fused-ring (bicyclic) bond motifs is 4. The second-order valence-electron chi connectivity index (χ2n) is 31.7. The number of pyridine rings is 4. The zero-order valence-electron chi connectivity index (χ0n) is 78.8. The van der Waals surface area contributed by atoms with Crippen molar-refractivity contribution in [2.45, 2.75) is 162 Å². The van der Waals surface area contributed by atoms with E-state index in [9.17, 15) is 28.8 Å². The summed E-state index contributed by atoms with van der Waals surface area (Å²) in [6, 6.07) is 15.3. The zero-order chi connectivity index (χ0) is 90.9. The fourth-order valence-corrected chi connectivity index (χ4v) is 15.0. The molecule has 4 fully saturated rings. The minimum Gasteiger partial charge on any atom is -1.00 e. The molecule has 1 unspecified atom stereocenters. The number of ketones is 2. The molecule has 4 aliphatic heterocycles. The van der Waals surface area contributed by atoms with Crippen molar-refractivity contribution in [1.82, 2.24) is 72.2 Å². The molecule has 12 aromatic rings. The number of imidazole rings is 4. The van der Waals surface area contributed by atoms with Crippen molar-refractivity contribution in [3.63, 3.8) is 0 Å². The average Bonchev–Trinajstić information content (AvgIpc) is 1.62. The first-order valence-electron chi connectivity index (χ1n) is 41.7. The van der Waals surface area contributed by atoms with Gasteiger partial charge in [-0.1, -0.05) is 14.0 Å². The molecule has 1 atom stereocenters. The first-order valence-corrected chi connectivity index (χ1v) is 42.4. The third-order valence-electron chi connectivity index (χ3n) is 21.5. The predicted molar refractivity (Wildman–Crippen MR) is 496 cm³/mol. The molecule has 0 bridgehead atoms. The molecule has 4 aliphatic rings. The van der Waals surface area contributed by atoms with Gasteiger partial charge in [0.2, 0.25) is 0 Å². The Morgan fingerprint density at radius 3 is 1.25 bits per heavy atom. The van der Waals surface area contributed by atoms with Gasteiger partial charge in [0, 0.05) is 206 Å². The molecule has 0 saturated carbocycles. The number of halogens is 1. The average molecular weight is 1870 g/mol. The minimum absolute atomic E-state index is 0. The van der Waals surface area contributed by atoms with Gasteiger partial charge in [-0.05, 0) is 191 Å². The molecule has 4 saturated heterocycles. The van der Waals surface area contributed by atoms with Gasteiger partial charge in [-0.25, -0.2) is 39.1 Å². The van der Waals surface area contributed by atoms with Gasteiger partial charge in [0.15, 0.2) is 16.3 Å². The number of aliphatic carboxylic acids is 1. The monoisotopic (exact) mass is 1870 g/mol. The summed E-state index contributed by atoms with van der Waals surface area (Å²) >= 11 is 3.22. The van der Waals surface area contributed by atoms with Crippen LogP contribution in [0.15, 0.2) is 134 Å². The summed E-state index contributed by atoms with van der Waals surface area (Å²) in [5.41, 5.74) is 14.8. The molecule has 0 spiro atoms. The number of nitrogens with zero attached hydrogens (tertiary/aromatic N) is 11. The number of carbonyl (C=O) groups excluding carboxylic acids is 6. The molecule has 38 heteroatoms. The molecule has 687 valence electrons. The number of carbonyl (C=O) groups is 7. The van der Waals surface area contributed by atoms with Crippen LogP contribution in [-0.2, 0) is 54.3 Å². The molecule has 6 N–H and O–H groups in total. The Morgan fingerprint density at radius 1 is 0.538 bits per heavy atom. The van der Waals surface area contributed by atoms with Crippen LogP contribution in [0.2, 0.25) is 0 Å². The number of ether oxygens (including phenoxy) is 7. The molecular formula is C92H121B2BrN15Na2O18. The summed E-state index contributed by atoms with van der Waals surface area (Å²) in [6.07, 6.45) is 21.5. The van der Waals surface area contributed by atoms with Crippen LogP contribution in [-0.4, -0.2) is 250 Å². The molecule has 16 heterocycles. The normalized spacial score (nSPS) is 14.4. The van der Waals surface area contributed by atoms with Crippen molar-refractivity contribution >= 4 is 106 Å². The number of esters is 4. The number of aryl methyl sites for hydroxylation is 1. The summed E-state index contributed by atoms with van der Waals surface area (Å²) in [5.74, 6) is -0.233. The number of carboxylic acid groups (broad SMARTS) is 1. The summed E-state index contributed by atoms with van der Waals surface area (Å²) < 4.78 is 60.1. The van der Waals surface area contributed by atoms with E-state index in [0.29, 0.717) is 63.8 Å². The van der Waals surface area contributed by atoms with Crippen LogP contribution in [0.1, 0.15) is 208 Å². The largest absolute Gasteiger partial charge is 1.00 e. The van der Waals surface area contributed by atoms with Gasteiger partial charge in [-0.15, -0.1) is 0 Å². The zero-order valence-corrected chi connectivity index (χ0v) is 83.4. The molecule has 3 radical (unpaired) electrons. The van der Waals surface area contributed by atoms with Crippen LogP contribution in [0.3, 0.4) is 0 Å². The van der Waals surface area contributed by atoms with Crippen LogP contribution < -0.4 is 69.9 Å². The summed E-state index contributed by atoms with van der Waals surface area (Å²) in [5, 5.41) is 10.6. The maximum atomic E-state index is 12.8. The topological polar surface area (TPSA) is 393 Å². The Labute approximate surface area is 815 Å². The van der Waals surface area contributed by atoms with E-state index in [2.05, 4.69) is 101 Å². The van der Waals surface area contributed by atoms with E-state index in [1.165, 1.54) is 13.8 Å². The van der Waals surface area contributed by atoms with Crippen LogP contribution >= 0.6 is 15.9 Å². The molecule has 0 aliphatic carbocycles. The maximum Gasteiger partial charge on any atom is 1.00 e. The number of nitrogens with one attached hydrogen (secondary N) is 4. The number of aromatic nitrogens is 12. The molecule has 0 amide bonds. The standard InChI is InChI=1S/C22H28N4O3.C22H26N4O3.C20H26BNO5.C17H17N3O3.C4H5BrN2.C4H9NO.C2H4O2.CH4.B.2Na.H2O.H/c2*1-14(2)29-22(27)19-12-18-11-17(21-23-5-6-24-21)13-26(18)20(15(19)3)16(4)25-7-9-28-10-8-25;1-8-25-18(24)16-10-15-9-14(11-22(15)17(12(16)2)13(3)23)21-26-19(4,5)20(6,7)27-21;1-4-23-17(22)14-8-13-7-12(16-18-5-6-19-16)9-20(13)15(10(14)2)11(3)21;1-7-3-2-6-4(7)5;1-3-6-4-2-5-1;1-2(3)4;;;;;;/h5-6,11-14,16H,7-10H2,1-4H3,(H,23,24);5-6,11-14H,4,7-10H2,1-3H3,(H,23,24);9-11H,8H2,1-7H3;5-9H,4H2,1-3H3,(H,18,19);2-3H,1H3;5H,1-4H2;1H3,(H,3,4);1H4;;;;1H2;/q;;;;;;;;;2*+1;;-1/p-1. The van der Waals surface area contributed by atoms with E-state index in [1.54, 1.807) is 85.8 Å². The van der Waals surface area contributed by atoms with Crippen molar-refractivity contribution in [3.05, 3.63) is 201 Å². The van der Waals surface area contributed by atoms with E-state index in [4.69, 9.17) is 52.4 Å². The number of hydrogen-bond acceptors (Lipinski definition) is 24. The second kappa shape index (κ2) is 50.3. The summed E-state index contributed by atoms with van der Waals surface area (Å²) in [6.45, 7) is 47.5. The van der Waals surface area contributed by atoms with E-state index in [1.807, 2.05) is 142 Å². The summed E-state index contributed by atoms with van der Waals surface area (Å²) in [7, 11) is 1.39. The van der Waals surface area contributed by atoms with Crippen molar-refractivity contribution in [2.75, 3.05) is 92.1 Å².